The molecule has 2 aromatic carbocycles. The zero-order valence-corrected chi connectivity index (χ0v) is 17.4. The van der Waals surface area contributed by atoms with Gasteiger partial charge in [-0.25, -0.2) is 13.8 Å². The number of hydrogen-bond acceptors (Lipinski definition) is 7. The Labute approximate surface area is 182 Å². The second-order valence-electron chi connectivity index (χ2n) is 6.10. The van der Waals surface area contributed by atoms with Crippen LogP contribution in [0.15, 0.2) is 47.5 Å². The number of rotatable bonds is 6. The average Bonchev–Trinajstić information content (AvgIpc) is 2.79. The highest BCUT2D eigenvalue weighted by Gasteiger charge is 2.13. The van der Waals surface area contributed by atoms with Crippen LogP contribution in [-0.4, -0.2) is 25.4 Å². The Morgan fingerprint density at radius 2 is 1.87 bits per heavy atom. The number of nitrogen functional groups attached to an aromatic ring is 1. The van der Waals surface area contributed by atoms with E-state index in [0.29, 0.717) is 22.6 Å². The first-order valence-electron chi connectivity index (χ1n) is 8.87. The van der Waals surface area contributed by atoms with Crippen LogP contribution >= 0.6 is 11.9 Å². The van der Waals surface area contributed by atoms with Crippen LogP contribution in [0, 0.1) is 28.9 Å². The molecule has 0 saturated heterocycles. The van der Waals surface area contributed by atoms with Crippen molar-refractivity contribution < 1.29 is 18.3 Å². The summed E-state index contributed by atoms with van der Waals surface area (Å²) in [7, 11) is 3.05. The summed E-state index contributed by atoms with van der Waals surface area (Å²) < 4.78 is 42.4. The number of nitrogens with one attached hydrogen (secondary N) is 2. The van der Waals surface area contributed by atoms with Crippen molar-refractivity contribution in [2.75, 3.05) is 24.7 Å². The number of pyridine rings is 1. The molecule has 9 heteroatoms. The van der Waals surface area contributed by atoms with Crippen LogP contribution < -0.4 is 19.9 Å². The molecule has 0 aliphatic carbocycles. The fraction of sp³-hybridized carbons (Fsp3) is 0.0909. The van der Waals surface area contributed by atoms with E-state index in [1.54, 1.807) is 18.2 Å². The van der Waals surface area contributed by atoms with Gasteiger partial charge in [0.05, 0.1) is 25.5 Å². The molecule has 31 heavy (non-hydrogen) atoms. The van der Waals surface area contributed by atoms with Gasteiger partial charge in [0.2, 0.25) is 0 Å². The van der Waals surface area contributed by atoms with E-state index in [2.05, 4.69) is 21.5 Å². The Kier molecular flexibility index (Phi) is 6.95. The van der Waals surface area contributed by atoms with E-state index < -0.39 is 11.6 Å². The van der Waals surface area contributed by atoms with Crippen LogP contribution in [0.1, 0.15) is 16.7 Å². The fourth-order valence-electron chi connectivity index (χ4n) is 2.55. The van der Waals surface area contributed by atoms with Gasteiger partial charge < -0.3 is 25.3 Å². The summed E-state index contributed by atoms with van der Waals surface area (Å²) in [6.07, 6.45) is 2.41. The topological polar surface area (TPSA) is 93.3 Å². The van der Waals surface area contributed by atoms with Crippen molar-refractivity contribution in [2.24, 2.45) is 0 Å². The van der Waals surface area contributed by atoms with Gasteiger partial charge in [0.15, 0.2) is 17.3 Å². The van der Waals surface area contributed by atoms with Crippen LogP contribution in [0.5, 0.6) is 11.5 Å². The van der Waals surface area contributed by atoms with E-state index in [1.807, 2.05) is 0 Å². The van der Waals surface area contributed by atoms with Gasteiger partial charge in [-0.1, -0.05) is 11.8 Å². The molecule has 6 nitrogen and oxygen atoms in total. The number of methoxy groups -OCH3 is 2. The molecule has 0 aliphatic rings. The Hall–Kier alpha value is -3.77. The maximum absolute atomic E-state index is 14.9. The molecule has 0 atom stereocenters. The maximum Gasteiger partial charge on any atom is 0.165 e. The van der Waals surface area contributed by atoms with Gasteiger partial charge in [-0.05, 0) is 48.3 Å². The van der Waals surface area contributed by atoms with Gasteiger partial charge in [0, 0.05) is 28.4 Å². The summed E-state index contributed by atoms with van der Waals surface area (Å²) in [6.45, 7) is 0. The number of ether oxygens (including phenoxy) is 2. The van der Waals surface area contributed by atoms with Gasteiger partial charge in [0.25, 0.3) is 0 Å². The predicted molar refractivity (Wildman–Crippen MR) is 118 cm³/mol. The Bertz CT molecular complexity index is 1190. The summed E-state index contributed by atoms with van der Waals surface area (Å²) in [5.41, 5.74) is 6.07. The van der Waals surface area contributed by atoms with E-state index in [0.717, 1.165) is 29.1 Å². The average molecular weight is 440 g/mol. The summed E-state index contributed by atoms with van der Waals surface area (Å²) >= 11 is 1.13. The van der Waals surface area contributed by atoms with Crippen molar-refractivity contribution >= 4 is 29.7 Å². The van der Waals surface area contributed by atoms with E-state index in [1.165, 1.54) is 32.5 Å². The van der Waals surface area contributed by atoms with Gasteiger partial charge in [-0.15, -0.1) is 0 Å². The first-order valence-corrected chi connectivity index (χ1v) is 9.69. The third-order valence-corrected chi connectivity index (χ3v) is 4.97. The van der Waals surface area contributed by atoms with Crippen molar-refractivity contribution in [1.82, 2.24) is 4.98 Å². The SMILES string of the molecule is COc1ccc(SNc2ccc(F)c(C#Cc3cnc(N)c(C=N)c3)c2F)cc1OC. The van der Waals surface area contributed by atoms with Crippen LogP contribution in [0.2, 0.25) is 0 Å². The van der Waals surface area contributed by atoms with E-state index >= 15 is 0 Å². The molecule has 3 aromatic rings. The Balaban J connectivity index is 1.84. The number of hydrogen-bond donors (Lipinski definition) is 3. The quantitative estimate of drug-likeness (QED) is 0.297. The standard InChI is InChI=1S/C22H18F2N4O2S/c1-29-19-8-4-15(10-20(19)30-2)31-28-18-7-6-17(23)16(21(18)24)5-3-13-9-14(11-25)22(26)27-12-13/h4,6-12,25,28H,1-2H3,(H2,26,27). The molecule has 0 amide bonds. The lowest BCUT2D eigenvalue weighted by Gasteiger charge is -2.11. The molecule has 1 aromatic heterocycles. The molecule has 0 bridgehead atoms. The lowest BCUT2D eigenvalue weighted by Crippen LogP contribution is -1.98. The molecular weight excluding hydrogens is 422 g/mol. The largest absolute Gasteiger partial charge is 0.493 e. The smallest absolute Gasteiger partial charge is 0.165 e. The molecule has 0 saturated carbocycles. The monoisotopic (exact) mass is 440 g/mol. The van der Waals surface area contributed by atoms with Crippen molar-refractivity contribution in [3.8, 4) is 23.3 Å². The third-order valence-electron chi connectivity index (χ3n) is 4.16. The van der Waals surface area contributed by atoms with E-state index in [-0.39, 0.29) is 17.1 Å². The van der Waals surface area contributed by atoms with Crippen molar-refractivity contribution in [1.29, 1.82) is 5.41 Å². The molecule has 4 N–H and O–H groups in total. The normalized spacial score (nSPS) is 10.1. The van der Waals surface area contributed by atoms with Crippen molar-refractivity contribution in [3.05, 3.63) is 70.9 Å². The molecule has 0 radical (unpaired) electrons. The zero-order chi connectivity index (χ0) is 22.4. The molecule has 0 aliphatic heterocycles. The molecule has 0 fully saturated rings. The zero-order valence-electron chi connectivity index (χ0n) is 16.6. The maximum atomic E-state index is 14.9. The summed E-state index contributed by atoms with van der Waals surface area (Å²) in [6, 6.07) is 9.18. The van der Waals surface area contributed by atoms with Gasteiger partial charge in [-0.3, -0.25) is 0 Å². The number of aromatic nitrogens is 1. The molecule has 3 rings (SSSR count). The summed E-state index contributed by atoms with van der Waals surface area (Å²) in [4.78, 5) is 4.65. The van der Waals surface area contributed by atoms with Crippen molar-refractivity contribution in [2.45, 2.75) is 4.90 Å². The van der Waals surface area contributed by atoms with Crippen molar-refractivity contribution in [3.63, 3.8) is 0 Å². The Morgan fingerprint density at radius 3 is 2.58 bits per heavy atom. The number of halogens is 2. The lowest BCUT2D eigenvalue weighted by molar-refractivity contribution is 0.354. The second-order valence-corrected chi connectivity index (χ2v) is 6.98. The fourth-order valence-corrected chi connectivity index (χ4v) is 3.24. The molecular formula is C22H18F2N4O2S. The molecule has 0 spiro atoms. The van der Waals surface area contributed by atoms with Crippen LogP contribution in [0.25, 0.3) is 0 Å². The van der Waals surface area contributed by atoms with Crippen LogP contribution in [-0.2, 0) is 0 Å². The number of anilines is 2. The number of benzene rings is 2. The molecule has 1 heterocycles. The van der Waals surface area contributed by atoms with E-state index in [9.17, 15) is 8.78 Å². The first-order chi connectivity index (χ1) is 15.0. The van der Waals surface area contributed by atoms with Crippen LogP contribution in [0.3, 0.4) is 0 Å². The highest BCUT2D eigenvalue weighted by atomic mass is 32.2. The minimum Gasteiger partial charge on any atom is -0.493 e. The van der Waals surface area contributed by atoms with Gasteiger partial charge in [0.1, 0.15) is 11.6 Å². The first kappa shape index (κ1) is 21.9. The number of nitrogens with zero attached hydrogens (tertiary/aromatic N) is 1. The highest BCUT2D eigenvalue weighted by molar-refractivity contribution is 8.00. The molecule has 0 unspecified atom stereocenters. The second kappa shape index (κ2) is 9.82. The predicted octanol–water partition coefficient (Wildman–Crippen LogP) is 4.48. The molecule has 158 valence electrons. The van der Waals surface area contributed by atoms with E-state index in [4.69, 9.17) is 20.6 Å². The van der Waals surface area contributed by atoms with Crippen LogP contribution in [0.4, 0.5) is 20.3 Å². The minimum absolute atomic E-state index is 0.0705. The van der Waals surface area contributed by atoms with Gasteiger partial charge >= 0.3 is 0 Å². The number of nitrogens with two attached hydrogens (primary N) is 1. The minimum atomic E-state index is -0.823. The summed E-state index contributed by atoms with van der Waals surface area (Å²) in [5, 5.41) is 7.30. The van der Waals surface area contributed by atoms with Gasteiger partial charge in [-0.2, -0.15) is 0 Å². The third kappa shape index (κ3) is 5.05. The Morgan fingerprint density at radius 1 is 1.10 bits per heavy atom. The summed E-state index contributed by atoms with van der Waals surface area (Å²) in [5.74, 6) is 4.82. The lowest BCUT2D eigenvalue weighted by atomic mass is 10.1. The highest BCUT2D eigenvalue weighted by Crippen LogP contribution is 2.33.